The van der Waals surface area contributed by atoms with Crippen molar-refractivity contribution in [2.75, 3.05) is 0 Å². The van der Waals surface area contributed by atoms with Crippen LogP contribution in [0.3, 0.4) is 0 Å². The highest BCUT2D eigenvalue weighted by atomic mass is 14.7. The Morgan fingerprint density at radius 1 is 1.00 bits per heavy atom. The molecule has 0 aromatic rings. The van der Waals surface area contributed by atoms with E-state index in [-0.39, 0.29) is 0 Å². The summed E-state index contributed by atoms with van der Waals surface area (Å²) in [7, 11) is 0. The van der Waals surface area contributed by atoms with Crippen molar-refractivity contribution in [3.63, 3.8) is 0 Å². The first-order chi connectivity index (χ1) is 7.37. The molecule has 0 aliphatic heterocycles. The van der Waals surface area contributed by atoms with E-state index in [1.54, 1.807) is 0 Å². The van der Waals surface area contributed by atoms with E-state index in [0.29, 0.717) is 5.41 Å². The van der Waals surface area contributed by atoms with Crippen molar-refractivity contribution in [1.82, 2.24) is 0 Å². The lowest BCUT2D eigenvalue weighted by molar-refractivity contribution is 0.283. The van der Waals surface area contributed by atoms with Crippen molar-refractivity contribution in [2.45, 2.75) is 67.7 Å². The molecular weight excluding hydrogens is 192 g/mol. The van der Waals surface area contributed by atoms with Gasteiger partial charge in [0, 0.05) is 0 Å². The summed E-state index contributed by atoms with van der Waals surface area (Å²) < 4.78 is 0. The molecule has 0 N–H and O–H groups in total. The molecule has 5 atom stereocenters. The summed E-state index contributed by atoms with van der Waals surface area (Å²) in [6, 6.07) is 0. The highest BCUT2D eigenvalue weighted by molar-refractivity contribution is 5.08. The average molecular weight is 224 g/mol. The predicted molar refractivity (Wildman–Crippen MR) is 73.5 cm³/mol. The average Bonchev–Trinajstić information content (AvgIpc) is 2.79. The maximum Gasteiger partial charge on any atom is -0.0287 e. The largest absolute Gasteiger partial charge is 0.0654 e. The van der Waals surface area contributed by atoms with E-state index in [1.165, 1.54) is 19.3 Å². The lowest BCUT2D eigenvalue weighted by Crippen LogP contribution is -2.13. The Balaban J connectivity index is 2.61. The van der Waals surface area contributed by atoms with E-state index in [2.05, 4.69) is 48.5 Å². The molecule has 1 aliphatic carbocycles. The summed E-state index contributed by atoms with van der Waals surface area (Å²) in [6.07, 6.45) is 4.09. The summed E-state index contributed by atoms with van der Waals surface area (Å²) in [5, 5.41) is 0. The van der Waals surface area contributed by atoms with Crippen LogP contribution in [0.25, 0.3) is 0 Å². The van der Waals surface area contributed by atoms with E-state index in [1.807, 2.05) is 0 Å². The third-order valence-corrected chi connectivity index (χ3v) is 5.46. The van der Waals surface area contributed by atoms with Gasteiger partial charge in [-0.25, -0.2) is 0 Å². The molecule has 0 saturated heterocycles. The Morgan fingerprint density at radius 2 is 1.56 bits per heavy atom. The summed E-state index contributed by atoms with van der Waals surface area (Å²) in [5.41, 5.74) is 0.608. The standard InChI is InChI=1S/C16H32/c1-8-10-12(4)13(5)15-14(11(3)9-2)16(15,6)7/h11-15H,8-10H2,1-7H3. The van der Waals surface area contributed by atoms with E-state index in [0.717, 1.165) is 29.6 Å². The number of hydrogen-bond donors (Lipinski definition) is 0. The highest BCUT2D eigenvalue weighted by Crippen LogP contribution is 2.66. The van der Waals surface area contributed by atoms with E-state index >= 15 is 0 Å². The van der Waals surface area contributed by atoms with Gasteiger partial charge in [-0.2, -0.15) is 0 Å². The second-order valence-corrected chi connectivity index (χ2v) is 6.88. The first-order valence-corrected chi connectivity index (χ1v) is 7.37. The van der Waals surface area contributed by atoms with Crippen molar-refractivity contribution in [3.8, 4) is 0 Å². The van der Waals surface area contributed by atoms with Gasteiger partial charge in [-0.15, -0.1) is 0 Å². The number of rotatable bonds is 6. The molecule has 1 fully saturated rings. The zero-order valence-corrected chi connectivity index (χ0v) is 12.5. The molecular formula is C16H32. The molecule has 16 heavy (non-hydrogen) atoms. The van der Waals surface area contributed by atoms with Crippen LogP contribution >= 0.6 is 0 Å². The predicted octanol–water partition coefficient (Wildman–Crippen LogP) is 5.38. The van der Waals surface area contributed by atoms with Crippen LogP contribution in [0.4, 0.5) is 0 Å². The molecule has 0 radical (unpaired) electrons. The highest BCUT2D eigenvalue weighted by Gasteiger charge is 2.61. The van der Waals surface area contributed by atoms with E-state index in [9.17, 15) is 0 Å². The zero-order chi connectivity index (χ0) is 12.5. The molecule has 0 aromatic carbocycles. The summed E-state index contributed by atoms with van der Waals surface area (Å²) >= 11 is 0. The van der Waals surface area contributed by atoms with Gasteiger partial charge in [0.2, 0.25) is 0 Å². The van der Waals surface area contributed by atoms with Crippen LogP contribution in [-0.2, 0) is 0 Å². The fourth-order valence-corrected chi connectivity index (χ4v) is 4.14. The van der Waals surface area contributed by atoms with Gasteiger partial charge in [0.05, 0.1) is 0 Å². The van der Waals surface area contributed by atoms with Crippen LogP contribution in [0.5, 0.6) is 0 Å². The van der Waals surface area contributed by atoms with Crippen LogP contribution in [0.15, 0.2) is 0 Å². The maximum atomic E-state index is 2.50. The van der Waals surface area contributed by atoms with Crippen molar-refractivity contribution < 1.29 is 0 Å². The second kappa shape index (κ2) is 5.10. The molecule has 1 aliphatic rings. The molecule has 0 amide bonds. The van der Waals surface area contributed by atoms with Gasteiger partial charge in [0.25, 0.3) is 0 Å². The minimum absolute atomic E-state index is 0.608. The molecule has 5 unspecified atom stereocenters. The normalized spacial score (nSPS) is 33.2. The van der Waals surface area contributed by atoms with Gasteiger partial charge in [-0.3, -0.25) is 0 Å². The summed E-state index contributed by atoms with van der Waals surface area (Å²) in [5.74, 6) is 4.68. The van der Waals surface area contributed by atoms with Crippen LogP contribution in [0.1, 0.15) is 67.7 Å². The lowest BCUT2D eigenvalue weighted by Gasteiger charge is -2.21. The van der Waals surface area contributed by atoms with Gasteiger partial charge in [0.1, 0.15) is 0 Å². The third kappa shape index (κ3) is 2.46. The second-order valence-electron chi connectivity index (χ2n) is 6.88. The lowest BCUT2D eigenvalue weighted by atomic mass is 9.84. The Labute approximate surface area is 103 Å². The Morgan fingerprint density at radius 3 is 2.00 bits per heavy atom. The molecule has 0 heteroatoms. The molecule has 1 saturated carbocycles. The topological polar surface area (TPSA) is 0 Å². The summed E-state index contributed by atoms with van der Waals surface area (Å²) in [6.45, 7) is 17.0. The molecule has 0 aromatic heterocycles. The fourth-order valence-electron chi connectivity index (χ4n) is 4.14. The Bertz CT molecular complexity index is 216. The quantitative estimate of drug-likeness (QED) is 0.568. The zero-order valence-electron chi connectivity index (χ0n) is 12.5. The van der Waals surface area contributed by atoms with Crippen molar-refractivity contribution in [2.24, 2.45) is 35.0 Å². The minimum atomic E-state index is 0.608. The van der Waals surface area contributed by atoms with Gasteiger partial charge in [0.15, 0.2) is 0 Å². The Kier molecular flexibility index (Phi) is 4.49. The molecule has 0 nitrogen and oxygen atoms in total. The molecule has 0 bridgehead atoms. The first-order valence-electron chi connectivity index (χ1n) is 7.37. The smallest absolute Gasteiger partial charge is 0.0287 e. The van der Waals surface area contributed by atoms with Gasteiger partial charge < -0.3 is 0 Å². The van der Waals surface area contributed by atoms with Crippen molar-refractivity contribution in [3.05, 3.63) is 0 Å². The van der Waals surface area contributed by atoms with E-state index in [4.69, 9.17) is 0 Å². The van der Waals surface area contributed by atoms with Crippen LogP contribution in [0.2, 0.25) is 0 Å². The monoisotopic (exact) mass is 224 g/mol. The number of hydrogen-bond acceptors (Lipinski definition) is 0. The van der Waals surface area contributed by atoms with Crippen LogP contribution in [-0.4, -0.2) is 0 Å². The van der Waals surface area contributed by atoms with Crippen molar-refractivity contribution in [1.29, 1.82) is 0 Å². The minimum Gasteiger partial charge on any atom is -0.0654 e. The van der Waals surface area contributed by atoms with Crippen LogP contribution < -0.4 is 0 Å². The third-order valence-electron chi connectivity index (χ3n) is 5.46. The molecule has 0 heterocycles. The molecule has 0 spiro atoms. The van der Waals surface area contributed by atoms with E-state index < -0.39 is 0 Å². The fraction of sp³-hybridized carbons (Fsp3) is 1.00. The van der Waals surface area contributed by atoms with Crippen LogP contribution in [0, 0.1) is 35.0 Å². The summed E-state index contributed by atoms with van der Waals surface area (Å²) in [4.78, 5) is 0. The SMILES string of the molecule is CCCC(C)C(C)C1C(C(C)CC)C1(C)C. The van der Waals surface area contributed by atoms with Gasteiger partial charge in [-0.05, 0) is 35.0 Å². The van der Waals surface area contributed by atoms with Crippen molar-refractivity contribution >= 4 is 0 Å². The van der Waals surface area contributed by atoms with Gasteiger partial charge >= 0.3 is 0 Å². The van der Waals surface area contributed by atoms with Gasteiger partial charge in [-0.1, -0.05) is 67.7 Å². The molecule has 1 rings (SSSR count). The Hall–Kier alpha value is 0. The maximum absolute atomic E-state index is 2.50. The molecule has 96 valence electrons. The first kappa shape index (κ1) is 14.1.